The van der Waals surface area contributed by atoms with Crippen molar-refractivity contribution in [3.63, 3.8) is 0 Å². The Kier molecular flexibility index (Phi) is 7.87. The Morgan fingerprint density at radius 2 is 1.46 bits per heavy atom. The number of halogens is 1. The van der Waals surface area contributed by atoms with Crippen LogP contribution in [0.1, 0.15) is 45.2 Å². The molecule has 7 heteroatoms. The molecule has 4 aromatic carbocycles. The molecule has 5 rings (SSSR count). The maximum atomic E-state index is 15.0. The van der Waals surface area contributed by atoms with E-state index in [1.54, 1.807) is 42.5 Å². The zero-order valence-corrected chi connectivity index (χ0v) is 21.7. The van der Waals surface area contributed by atoms with E-state index >= 15 is 0 Å². The summed E-state index contributed by atoms with van der Waals surface area (Å²) in [7, 11) is 0. The van der Waals surface area contributed by atoms with Crippen molar-refractivity contribution in [3.8, 4) is 17.2 Å². The van der Waals surface area contributed by atoms with E-state index in [1.807, 2.05) is 42.5 Å². The van der Waals surface area contributed by atoms with Crippen LogP contribution in [0, 0.1) is 5.82 Å². The second-order valence-corrected chi connectivity index (χ2v) is 9.24. The van der Waals surface area contributed by atoms with Gasteiger partial charge in [-0.3, -0.25) is 14.5 Å². The number of imide groups is 1. The molecule has 1 heterocycles. The summed E-state index contributed by atoms with van der Waals surface area (Å²) in [5.74, 6) is -0.00424. The molecule has 0 aromatic heterocycles. The van der Waals surface area contributed by atoms with Crippen molar-refractivity contribution in [1.29, 1.82) is 0 Å². The summed E-state index contributed by atoms with van der Waals surface area (Å²) in [4.78, 5) is 26.2. The number of amides is 2. The van der Waals surface area contributed by atoms with Gasteiger partial charge in [-0.1, -0.05) is 55.5 Å². The molecule has 2 amide bonds. The molecule has 1 aliphatic rings. The number of benzene rings is 4. The number of rotatable bonds is 11. The topological polar surface area (TPSA) is 67.9 Å². The van der Waals surface area contributed by atoms with Crippen LogP contribution < -0.4 is 14.8 Å². The second kappa shape index (κ2) is 11.8. The summed E-state index contributed by atoms with van der Waals surface area (Å²) in [5, 5.41) is 3.15. The van der Waals surface area contributed by atoms with E-state index in [-0.39, 0.29) is 24.1 Å². The number of fused-ring (bicyclic) bond motifs is 1. The Bertz CT molecular complexity index is 1450. The van der Waals surface area contributed by atoms with Crippen LogP contribution in [0.5, 0.6) is 17.2 Å². The average molecular weight is 525 g/mol. The van der Waals surface area contributed by atoms with Crippen LogP contribution in [-0.2, 0) is 13.0 Å². The Morgan fingerprint density at radius 1 is 0.769 bits per heavy atom. The molecule has 0 spiro atoms. The van der Waals surface area contributed by atoms with Crippen LogP contribution in [0.25, 0.3) is 0 Å². The molecule has 0 fully saturated rings. The maximum absolute atomic E-state index is 15.0. The predicted molar refractivity (Wildman–Crippen MR) is 148 cm³/mol. The molecule has 0 radical (unpaired) electrons. The number of anilines is 1. The Labute approximate surface area is 227 Å². The van der Waals surface area contributed by atoms with Crippen LogP contribution in [0.15, 0.2) is 91.0 Å². The first-order valence-electron chi connectivity index (χ1n) is 13.0. The van der Waals surface area contributed by atoms with E-state index in [1.165, 1.54) is 11.0 Å². The van der Waals surface area contributed by atoms with Crippen LogP contribution in [0.2, 0.25) is 0 Å². The SMILES string of the molecule is CCc1ccc(Oc2ccc(NCCCN3C(=O)c4ccccc4C3=O)cc2F)c(OCc2ccccc2)c1. The van der Waals surface area contributed by atoms with Gasteiger partial charge in [-0.05, 0) is 60.4 Å². The van der Waals surface area contributed by atoms with Crippen molar-refractivity contribution in [2.75, 3.05) is 18.4 Å². The van der Waals surface area contributed by atoms with Crippen molar-refractivity contribution in [3.05, 3.63) is 119 Å². The molecule has 0 unspecified atom stereocenters. The van der Waals surface area contributed by atoms with Gasteiger partial charge in [0.2, 0.25) is 0 Å². The van der Waals surface area contributed by atoms with Crippen molar-refractivity contribution >= 4 is 17.5 Å². The highest BCUT2D eigenvalue weighted by Gasteiger charge is 2.34. The Hall–Kier alpha value is -4.65. The second-order valence-electron chi connectivity index (χ2n) is 9.24. The van der Waals surface area contributed by atoms with Crippen LogP contribution in [0.4, 0.5) is 10.1 Å². The Morgan fingerprint density at radius 3 is 2.15 bits per heavy atom. The van der Waals surface area contributed by atoms with Gasteiger partial charge in [-0.2, -0.15) is 0 Å². The summed E-state index contributed by atoms with van der Waals surface area (Å²) in [6.07, 6.45) is 1.36. The van der Waals surface area contributed by atoms with Gasteiger partial charge in [0.25, 0.3) is 11.8 Å². The lowest BCUT2D eigenvalue weighted by atomic mass is 10.1. The number of nitrogens with zero attached hydrogens (tertiary/aromatic N) is 1. The average Bonchev–Trinajstić information content (AvgIpc) is 3.21. The number of hydrogen-bond acceptors (Lipinski definition) is 5. The monoisotopic (exact) mass is 524 g/mol. The van der Waals surface area contributed by atoms with E-state index in [4.69, 9.17) is 9.47 Å². The molecule has 0 bridgehead atoms. The summed E-state index contributed by atoms with van der Waals surface area (Å²) in [5.41, 5.74) is 3.56. The lowest BCUT2D eigenvalue weighted by Crippen LogP contribution is -2.31. The number of hydrogen-bond donors (Lipinski definition) is 1. The highest BCUT2D eigenvalue weighted by molar-refractivity contribution is 6.21. The quantitative estimate of drug-likeness (QED) is 0.172. The van der Waals surface area contributed by atoms with E-state index in [0.717, 1.165) is 17.5 Å². The fraction of sp³-hybridized carbons (Fsp3) is 0.188. The van der Waals surface area contributed by atoms with E-state index in [2.05, 4.69) is 12.2 Å². The Balaban J connectivity index is 1.18. The van der Waals surface area contributed by atoms with Crippen molar-refractivity contribution < 1.29 is 23.5 Å². The van der Waals surface area contributed by atoms with Gasteiger partial charge >= 0.3 is 0 Å². The molecule has 0 saturated carbocycles. The van der Waals surface area contributed by atoms with Crippen LogP contribution >= 0.6 is 0 Å². The van der Waals surface area contributed by atoms with Gasteiger partial charge < -0.3 is 14.8 Å². The molecule has 4 aromatic rings. The van der Waals surface area contributed by atoms with E-state index in [9.17, 15) is 14.0 Å². The number of carbonyl (C=O) groups is 2. The third-order valence-electron chi connectivity index (χ3n) is 6.57. The van der Waals surface area contributed by atoms with Gasteiger partial charge in [0, 0.05) is 24.8 Å². The molecule has 6 nitrogen and oxygen atoms in total. The zero-order chi connectivity index (χ0) is 27.2. The number of ether oxygens (including phenoxy) is 2. The highest BCUT2D eigenvalue weighted by atomic mass is 19.1. The zero-order valence-electron chi connectivity index (χ0n) is 21.7. The van der Waals surface area contributed by atoms with Gasteiger partial charge in [0.15, 0.2) is 23.1 Å². The van der Waals surface area contributed by atoms with Gasteiger partial charge in [-0.15, -0.1) is 0 Å². The standard InChI is InChI=1S/C32H29FN2O4/c1-2-22-13-15-29(30(19-22)38-21-23-9-4-3-5-10-23)39-28-16-14-24(20-27(28)33)34-17-8-18-35-31(36)25-11-6-7-12-26(25)32(35)37/h3-7,9-16,19-20,34H,2,8,17-18,21H2,1H3. The third-order valence-corrected chi connectivity index (χ3v) is 6.57. The molecule has 1 aliphatic heterocycles. The molecule has 0 saturated heterocycles. The smallest absolute Gasteiger partial charge is 0.261 e. The minimum absolute atomic E-state index is 0.0837. The lowest BCUT2D eigenvalue weighted by molar-refractivity contribution is 0.0654. The fourth-order valence-corrected chi connectivity index (χ4v) is 4.43. The minimum Gasteiger partial charge on any atom is -0.485 e. The summed E-state index contributed by atoms with van der Waals surface area (Å²) >= 11 is 0. The van der Waals surface area contributed by atoms with Gasteiger partial charge in [-0.25, -0.2) is 4.39 Å². The fourth-order valence-electron chi connectivity index (χ4n) is 4.43. The van der Waals surface area contributed by atoms with Gasteiger partial charge in [0.1, 0.15) is 6.61 Å². The maximum Gasteiger partial charge on any atom is 0.261 e. The van der Waals surface area contributed by atoms with Crippen molar-refractivity contribution in [2.45, 2.75) is 26.4 Å². The molecular formula is C32H29FN2O4. The highest BCUT2D eigenvalue weighted by Crippen LogP contribution is 2.35. The van der Waals surface area contributed by atoms with Crippen molar-refractivity contribution in [2.24, 2.45) is 0 Å². The summed E-state index contributed by atoms with van der Waals surface area (Å²) < 4.78 is 26.9. The lowest BCUT2D eigenvalue weighted by Gasteiger charge is -2.16. The first-order valence-corrected chi connectivity index (χ1v) is 13.0. The first-order chi connectivity index (χ1) is 19.0. The first kappa shape index (κ1) is 26.0. The molecule has 198 valence electrons. The number of nitrogens with one attached hydrogen (secondary N) is 1. The normalized spacial score (nSPS) is 12.4. The van der Waals surface area contributed by atoms with Crippen LogP contribution in [-0.4, -0.2) is 29.8 Å². The number of aryl methyl sites for hydroxylation is 1. The van der Waals surface area contributed by atoms with E-state index in [0.29, 0.717) is 47.9 Å². The van der Waals surface area contributed by atoms with Crippen LogP contribution in [0.3, 0.4) is 0 Å². The largest absolute Gasteiger partial charge is 0.485 e. The predicted octanol–water partition coefficient (Wildman–Crippen LogP) is 6.86. The molecular weight excluding hydrogens is 495 g/mol. The molecule has 0 atom stereocenters. The molecule has 0 aliphatic carbocycles. The van der Waals surface area contributed by atoms with Crippen molar-refractivity contribution in [1.82, 2.24) is 4.90 Å². The molecule has 1 N–H and O–H groups in total. The summed E-state index contributed by atoms with van der Waals surface area (Å²) in [6.45, 7) is 3.17. The third kappa shape index (κ3) is 5.93. The summed E-state index contributed by atoms with van der Waals surface area (Å²) in [6, 6.07) is 26.9. The van der Waals surface area contributed by atoms with E-state index < -0.39 is 5.82 Å². The van der Waals surface area contributed by atoms with Gasteiger partial charge in [0.05, 0.1) is 11.1 Å². The minimum atomic E-state index is -0.520. The number of carbonyl (C=O) groups excluding carboxylic acids is 2. The molecule has 39 heavy (non-hydrogen) atoms.